The molecule has 1 aliphatic heterocycles. The minimum absolute atomic E-state index is 0.102. The maximum atomic E-state index is 12.5. The smallest absolute Gasteiger partial charge is 0.311 e. The van der Waals surface area contributed by atoms with Crippen LogP contribution >= 0.6 is 0 Å². The van der Waals surface area contributed by atoms with Crippen molar-refractivity contribution in [1.82, 2.24) is 4.90 Å². The molecule has 0 radical (unpaired) electrons. The van der Waals surface area contributed by atoms with Crippen molar-refractivity contribution in [3.63, 3.8) is 0 Å². The molecule has 6 heteroatoms. The van der Waals surface area contributed by atoms with Gasteiger partial charge in [0.15, 0.2) is 0 Å². The Hall–Kier alpha value is -1.20. The lowest BCUT2D eigenvalue weighted by atomic mass is 10.3. The van der Waals surface area contributed by atoms with E-state index in [1.807, 2.05) is 0 Å². The summed E-state index contributed by atoms with van der Waals surface area (Å²) in [6.07, 6.45) is -0.397. The van der Waals surface area contributed by atoms with E-state index in [0.29, 0.717) is 0 Å². The molecule has 12 heavy (non-hydrogen) atoms. The lowest BCUT2D eigenvalue weighted by Gasteiger charge is -2.12. The molecule has 68 valence electrons. The number of nitrogens with zero attached hydrogens (tertiary/aromatic N) is 1. The summed E-state index contributed by atoms with van der Waals surface area (Å²) in [5.74, 6) is -5.09. The lowest BCUT2D eigenvalue weighted by molar-refractivity contribution is -0.144. The van der Waals surface area contributed by atoms with Crippen LogP contribution in [0.3, 0.4) is 0 Å². The fraction of sp³-hybridized carbons (Fsp3) is 0.667. The summed E-state index contributed by atoms with van der Waals surface area (Å²) in [6, 6.07) is 0. The predicted octanol–water partition coefficient (Wildman–Crippen LogP) is -0.661. The second-order valence-electron chi connectivity index (χ2n) is 2.70. The van der Waals surface area contributed by atoms with Crippen molar-refractivity contribution in [3.8, 4) is 0 Å². The number of hydrogen-bond donors (Lipinski definition) is 1. The number of alkyl halides is 2. The van der Waals surface area contributed by atoms with Crippen molar-refractivity contribution < 1.29 is 18.4 Å². The van der Waals surface area contributed by atoms with Crippen LogP contribution in [-0.4, -0.2) is 35.7 Å². The largest absolute Gasteiger partial charge is 0.361 e. The van der Waals surface area contributed by atoms with Crippen LogP contribution in [0.4, 0.5) is 8.78 Å². The minimum Gasteiger partial charge on any atom is -0.361 e. The number of likely N-dealkylation sites (tertiary alicyclic amines) is 1. The van der Waals surface area contributed by atoms with E-state index in [2.05, 4.69) is 5.73 Å². The highest BCUT2D eigenvalue weighted by Crippen LogP contribution is 2.26. The highest BCUT2D eigenvalue weighted by molar-refractivity contribution is 6.34. The van der Waals surface area contributed by atoms with Crippen LogP contribution in [0, 0.1) is 0 Å². The van der Waals surface area contributed by atoms with E-state index in [1.165, 1.54) is 0 Å². The third-order valence-corrected chi connectivity index (χ3v) is 1.67. The number of hydrogen-bond acceptors (Lipinski definition) is 2. The van der Waals surface area contributed by atoms with E-state index in [4.69, 9.17) is 0 Å². The molecule has 0 aromatic carbocycles. The van der Waals surface area contributed by atoms with E-state index < -0.39 is 30.7 Å². The first-order chi connectivity index (χ1) is 5.42. The SMILES string of the molecule is NC(=O)C(=O)N1CCC(F)(F)C1. The summed E-state index contributed by atoms with van der Waals surface area (Å²) in [7, 11) is 0. The minimum atomic E-state index is -2.87. The summed E-state index contributed by atoms with van der Waals surface area (Å²) in [5.41, 5.74) is 4.63. The molecule has 1 fully saturated rings. The molecule has 1 heterocycles. The Kier molecular flexibility index (Phi) is 1.99. The molecule has 0 atom stereocenters. The van der Waals surface area contributed by atoms with Gasteiger partial charge in [0.2, 0.25) is 0 Å². The first-order valence-corrected chi connectivity index (χ1v) is 3.39. The number of halogens is 2. The van der Waals surface area contributed by atoms with Crippen molar-refractivity contribution in [2.45, 2.75) is 12.3 Å². The molecule has 2 N–H and O–H groups in total. The molecule has 0 aliphatic carbocycles. The summed E-state index contributed by atoms with van der Waals surface area (Å²) in [4.78, 5) is 21.8. The maximum Gasteiger partial charge on any atom is 0.311 e. The molecule has 1 rings (SSSR count). The first kappa shape index (κ1) is 8.89. The Balaban J connectivity index is 2.59. The van der Waals surface area contributed by atoms with Crippen LogP contribution in [0.2, 0.25) is 0 Å². The number of carbonyl (C=O) groups is 2. The maximum absolute atomic E-state index is 12.5. The van der Waals surface area contributed by atoms with E-state index in [1.54, 1.807) is 0 Å². The molecule has 0 aromatic heterocycles. The molecule has 2 amide bonds. The van der Waals surface area contributed by atoms with Crippen LogP contribution in [0.15, 0.2) is 0 Å². The lowest BCUT2D eigenvalue weighted by Crippen LogP contribution is -2.39. The second-order valence-corrected chi connectivity index (χ2v) is 2.70. The summed E-state index contributed by atoms with van der Waals surface area (Å²) in [6.45, 7) is -0.802. The van der Waals surface area contributed by atoms with Crippen LogP contribution in [-0.2, 0) is 9.59 Å². The van der Waals surface area contributed by atoms with Crippen LogP contribution in [0.1, 0.15) is 6.42 Å². The van der Waals surface area contributed by atoms with Gasteiger partial charge in [0.1, 0.15) is 0 Å². The molecular weight excluding hydrogens is 170 g/mol. The van der Waals surface area contributed by atoms with Gasteiger partial charge in [-0.25, -0.2) is 8.78 Å². The molecule has 1 saturated heterocycles. The van der Waals surface area contributed by atoms with E-state index in [0.717, 1.165) is 4.90 Å². The molecule has 0 unspecified atom stereocenters. The Morgan fingerprint density at radius 1 is 1.42 bits per heavy atom. The van der Waals surface area contributed by atoms with Gasteiger partial charge in [-0.2, -0.15) is 0 Å². The molecule has 4 nitrogen and oxygen atoms in total. The third kappa shape index (κ3) is 1.69. The van der Waals surface area contributed by atoms with Crippen molar-refractivity contribution in [2.24, 2.45) is 5.73 Å². The molecule has 1 aliphatic rings. The number of nitrogens with two attached hydrogens (primary N) is 1. The number of rotatable bonds is 0. The van der Waals surface area contributed by atoms with Crippen LogP contribution in [0.25, 0.3) is 0 Å². The first-order valence-electron chi connectivity index (χ1n) is 3.39. The van der Waals surface area contributed by atoms with Gasteiger partial charge in [-0.3, -0.25) is 9.59 Å². The molecule has 0 spiro atoms. The standard InChI is InChI=1S/C6H8F2N2O2/c7-6(8)1-2-10(3-6)5(12)4(9)11/h1-3H2,(H2,9,11). The Morgan fingerprint density at radius 3 is 2.33 bits per heavy atom. The fourth-order valence-electron chi connectivity index (χ4n) is 1.07. The van der Waals surface area contributed by atoms with Crippen molar-refractivity contribution in [1.29, 1.82) is 0 Å². The molecule has 0 aromatic rings. The average molecular weight is 178 g/mol. The van der Waals surface area contributed by atoms with E-state index >= 15 is 0 Å². The van der Waals surface area contributed by atoms with Gasteiger partial charge < -0.3 is 10.6 Å². The quantitative estimate of drug-likeness (QED) is 0.500. The van der Waals surface area contributed by atoms with Crippen molar-refractivity contribution >= 4 is 11.8 Å². The van der Waals surface area contributed by atoms with Crippen molar-refractivity contribution in [2.75, 3.05) is 13.1 Å². The topological polar surface area (TPSA) is 63.4 Å². The number of primary amides is 1. The van der Waals surface area contributed by atoms with Gasteiger partial charge in [0.25, 0.3) is 5.92 Å². The zero-order valence-electron chi connectivity index (χ0n) is 6.22. The second kappa shape index (κ2) is 2.69. The monoisotopic (exact) mass is 178 g/mol. The van der Waals surface area contributed by atoms with E-state index in [-0.39, 0.29) is 6.54 Å². The van der Waals surface area contributed by atoms with Crippen LogP contribution < -0.4 is 5.73 Å². The van der Waals surface area contributed by atoms with Gasteiger partial charge in [-0.05, 0) is 0 Å². The zero-order chi connectivity index (χ0) is 9.35. The average Bonchev–Trinajstić information content (AvgIpc) is 2.28. The molecular formula is C6H8F2N2O2. The van der Waals surface area contributed by atoms with Gasteiger partial charge in [0, 0.05) is 13.0 Å². The number of amides is 2. The third-order valence-electron chi connectivity index (χ3n) is 1.67. The molecule has 0 bridgehead atoms. The Morgan fingerprint density at radius 2 is 2.00 bits per heavy atom. The normalized spacial score (nSPS) is 21.0. The summed E-state index contributed by atoms with van der Waals surface area (Å²) in [5, 5.41) is 0. The summed E-state index contributed by atoms with van der Waals surface area (Å²) >= 11 is 0. The van der Waals surface area contributed by atoms with Crippen LogP contribution in [0.5, 0.6) is 0 Å². The van der Waals surface area contributed by atoms with Crippen molar-refractivity contribution in [3.05, 3.63) is 0 Å². The van der Waals surface area contributed by atoms with E-state index in [9.17, 15) is 18.4 Å². The Bertz CT molecular complexity index is 230. The summed E-state index contributed by atoms with van der Waals surface area (Å²) < 4.78 is 24.9. The number of carbonyl (C=O) groups excluding carboxylic acids is 2. The molecule has 0 saturated carbocycles. The highest BCUT2D eigenvalue weighted by atomic mass is 19.3. The predicted molar refractivity (Wildman–Crippen MR) is 35.3 cm³/mol. The zero-order valence-corrected chi connectivity index (χ0v) is 6.22. The van der Waals surface area contributed by atoms with Gasteiger partial charge in [0.05, 0.1) is 6.54 Å². The van der Waals surface area contributed by atoms with Gasteiger partial charge in [-0.1, -0.05) is 0 Å². The van der Waals surface area contributed by atoms with Gasteiger partial charge in [-0.15, -0.1) is 0 Å². The fourth-order valence-corrected chi connectivity index (χ4v) is 1.07. The highest BCUT2D eigenvalue weighted by Gasteiger charge is 2.41. The Labute approximate surface area is 67.3 Å². The van der Waals surface area contributed by atoms with Gasteiger partial charge >= 0.3 is 11.8 Å².